The van der Waals surface area contributed by atoms with E-state index >= 15 is 0 Å². The molecule has 156 valence electrons. The van der Waals surface area contributed by atoms with Crippen LogP contribution in [0.2, 0.25) is 0 Å². The Morgan fingerprint density at radius 2 is 1.79 bits per heavy atom. The van der Waals surface area contributed by atoms with Crippen LogP contribution in [0.4, 0.5) is 5.69 Å². The Hall–Kier alpha value is -2.39. The van der Waals surface area contributed by atoms with E-state index in [1.54, 1.807) is 42.5 Å². The molecule has 2 aromatic rings. The molecule has 0 aromatic heterocycles. The van der Waals surface area contributed by atoms with Crippen LogP contribution in [0.15, 0.2) is 53.4 Å². The molecule has 0 unspecified atom stereocenters. The van der Waals surface area contributed by atoms with Gasteiger partial charge >= 0.3 is 0 Å². The predicted molar refractivity (Wildman–Crippen MR) is 112 cm³/mol. The topological polar surface area (TPSA) is 109 Å². The van der Waals surface area contributed by atoms with Gasteiger partial charge in [-0.3, -0.25) is 9.52 Å². The highest BCUT2D eigenvalue weighted by molar-refractivity contribution is 7.92. The number of carbonyl (C=O) groups is 1. The lowest BCUT2D eigenvalue weighted by Crippen LogP contribution is -2.35. The minimum atomic E-state index is -3.80. The molecular formula is C20H24N2O5S2. The molecule has 0 radical (unpaired) electrons. The van der Waals surface area contributed by atoms with E-state index in [1.807, 2.05) is 13.8 Å². The third kappa shape index (κ3) is 5.36. The maximum Gasteiger partial charge on any atom is 0.261 e. The average molecular weight is 437 g/mol. The van der Waals surface area contributed by atoms with Gasteiger partial charge in [0.2, 0.25) is 0 Å². The van der Waals surface area contributed by atoms with Crippen molar-refractivity contribution in [3.8, 4) is 0 Å². The molecule has 3 rings (SSSR count). The molecule has 1 amide bonds. The van der Waals surface area contributed by atoms with Crippen molar-refractivity contribution in [3.05, 3.63) is 59.7 Å². The second-order valence-electron chi connectivity index (χ2n) is 7.48. The average Bonchev–Trinajstić information content (AvgIpc) is 3.00. The molecule has 2 aromatic carbocycles. The number of hydrogen-bond donors (Lipinski definition) is 2. The first-order valence-electron chi connectivity index (χ1n) is 9.30. The van der Waals surface area contributed by atoms with Crippen molar-refractivity contribution in [3.63, 3.8) is 0 Å². The number of nitrogens with one attached hydrogen (secondary N) is 2. The van der Waals surface area contributed by atoms with E-state index in [1.165, 1.54) is 6.07 Å². The van der Waals surface area contributed by atoms with Gasteiger partial charge < -0.3 is 5.32 Å². The number of hydrogen-bond acceptors (Lipinski definition) is 5. The normalized spacial score (nSPS) is 18.5. The first-order chi connectivity index (χ1) is 13.6. The molecule has 0 spiro atoms. The van der Waals surface area contributed by atoms with Crippen molar-refractivity contribution >= 4 is 31.5 Å². The van der Waals surface area contributed by atoms with Gasteiger partial charge in [-0.15, -0.1) is 0 Å². The van der Waals surface area contributed by atoms with Crippen molar-refractivity contribution in [2.45, 2.75) is 37.1 Å². The summed E-state index contributed by atoms with van der Waals surface area (Å²) < 4.78 is 50.8. The van der Waals surface area contributed by atoms with Crippen molar-refractivity contribution in [1.29, 1.82) is 0 Å². The van der Waals surface area contributed by atoms with E-state index in [4.69, 9.17) is 0 Å². The number of carbonyl (C=O) groups excluding carboxylic acids is 1. The molecule has 29 heavy (non-hydrogen) atoms. The van der Waals surface area contributed by atoms with Crippen LogP contribution in [0, 0.1) is 0 Å². The predicted octanol–water partition coefficient (Wildman–Crippen LogP) is 2.53. The molecule has 1 aliphatic heterocycles. The van der Waals surface area contributed by atoms with Crippen LogP contribution in [-0.4, -0.2) is 40.3 Å². The Kier molecular flexibility index (Phi) is 6.00. The van der Waals surface area contributed by atoms with Gasteiger partial charge in [0, 0.05) is 17.3 Å². The van der Waals surface area contributed by atoms with Crippen LogP contribution in [0.1, 0.15) is 42.1 Å². The van der Waals surface area contributed by atoms with Crippen LogP contribution >= 0.6 is 0 Å². The van der Waals surface area contributed by atoms with Gasteiger partial charge in [-0.1, -0.05) is 32.0 Å². The lowest BCUT2D eigenvalue weighted by atomic mass is 10.0. The number of benzene rings is 2. The summed E-state index contributed by atoms with van der Waals surface area (Å²) in [6.07, 6.45) is 0.382. The van der Waals surface area contributed by atoms with Gasteiger partial charge in [-0.25, -0.2) is 16.8 Å². The quantitative estimate of drug-likeness (QED) is 0.723. The summed E-state index contributed by atoms with van der Waals surface area (Å²) in [5.74, 6) is -0.149. The van der Waals surface area contributed by atoms with Gasteiger partial charge in [-0.2, -0.15) is 0 Å². The summed E-state index contributed by atoms with van der Waals surface area (Å²) in [6, 6.07) is 12.3. The van der Waals surface area contributed by atoms with E-state index in [9.17, 15) is 21.6 Å². The second kappa shape index (κ2) is 8.16. The zero-order valence-corrected chi connectivity index (χ0v) is 17.9. The van der Waals surface area contributed by atoms with Gasteiger partial charge in [0.15, 0.2) is 9.84 Å². The van der Waals surface area contributed by atoms with Gasteiger partial charge in [0.25, 0.3) is 15.9 Å². The molecule has 9 heteroatoms. The SMILES string of the molecule is CC(C)c1ccc(S(=O)(=O)Nc2cccc(C(=O)N[C@@H]3CCS(=O)(=O)C3)c2)cc1. The maximum atomic E-state index is 12.6. The molecule has 1 saturated heterocycles. The van der Waals surface area contributed by atoms with Crippen LogP contribution in [0.5, 0.6) is 0 Å². The highest BCUT2D eigenvalue weighted by Gasteiger charge is 2.29. The summed E-state index contributed by atoms with van der Waals surface area (Å²) in [7, 11) is -6.90. The Bertz CT molecular complexity index is 1110. The Morgan fingerprint density at radius 3 is 2.38 bits per heavy atom. The third-order valence-electron chi connectivity index (χ3n) is 4.80. The standard InChI is InChI=1S/C20H24N2O5S2/c1-14(2)15-6-8-19(9-7-15)29(26,27)22-17-5-3-4-16(12-17)20(23)21-18-10-11-28(24,25)13-18/h3-9,12,14,18,22H,10-11,13H2,1-2H3,(H,21,23)/t18-/m1/s1. The Morgan fingerprint density at radius 1 is 1.10 bits per heavy atom. The lowest BCUT2D eigenvalue weighted by molar-refractivity contribution is 0.0941. The Balaban J connectivity index is 1.72. The molecular weight excluding hydrogens is 412 g/mol. The zero-order chi connectivity index (χ0) is 21.2. The van der Waals surface area contributed by atoms with Crippen molar-refractivity contribution < 1.29 is 21.6 Å². The monoisotopic (exact) mass is 436 g/mol. The minimum absolute atomic E-state index is 0.0629. The number of anilines is 1. The molecule has 1 fully saturated rings. The second-order valence-corrected chi connectivity index (χ2v) is 11.4. The highest BCUT2D eigenvalue weighted by Crippen LogP contribution is 2.21. The lowest BCUT2D eigenvalue weighted by Gasteiger charge is -2.13. The van der Waals surface area contributed by atoms with Crippen LogP contribution in [0.3, 0.4) is 0 Å². The van der Waals surface area contributed by atoms with Crippen molar-refractivity contribution in [2.75, 3.05) is 16.2 Å². The molecule has 7 nitrogen and oxygen atoms in total. The van der Waals surface area contributed by atoms with E-state index < -0.39 is 31.8 Å². The number of sulfonamides is 1. The summed E-state index contributed by atoms with van der Waals surface area (Å²) in [5, 5.41) is 2.69. The number of sulfone groups is 1. The fourth-order valence-electron chi connectivity index (χ4n) is 3.15. The highest BCUT2D eigenvalue weighted by atomic mass is 32.2. The van der Waals surface area contributed by atoms with Crippen LogP contribution < -0.4 is 10.0 Å². The fourth-order valence-corrected chi connectivity index (χ4v) is 5.87. The van der Waals surface area contributed by atoms with E-state index in [0.29, 0.717) is 12.3 Å². The smallest absolute Gasteiger partial charge is 0.261 e. The molecule has 0 aliphatic carbocycles. The molecule has 1 atom stereocenters. The molecule has 0 bridgehead atoms. The van der Waals surface area contributed by atoms with Gasteiger partial charge in [-0.05, 0) is 48.2 Å². The third-order valence-corrected chi connectivity index (χ3v) is 7.97. The summed E-state index contributed by atoms with van der Waals surface area (Å²) in [5.41, 5.74) is 1.55. The van der Waals surface area contributed by atoms with Crippen molar-refractivity contribution in [2.24, 2.45) is 0 Å². The largest absolute Gasteiger partial charge is 0.348 e. The van der Waals surface area contributed by atoms with Gasteiger partial charge in [0.05, 0.1) is 16.4 Å². The zero-order valence-electron chi connectivity index (χ0n) is 16.3. The molecule has 1 aliphatic rings. The molecule has 1 heterocycles. The van der Waals surface area contributed by atoms with Crippen LogP contribution in [-0.2, 0) is 19.9 Å². The first-order valence-corrected chi connectivity index (χ1v) is 12.6. The van der Waals surface area contributed by atoms with Crippen LogP contribution in [0.25, 0.3) is 0 Å². The van der Waals surface area contributed by atoms with E-state index in [0.717, 1.165) is 5.56 Å². The number of amides is 1. The summed E-state index contributed by atoms with van der Waals surface area (Å²) in [4.78, 5) is 12.5. The fraction of sp³-hybridized carbons (Fsp3) is 0.350. The first kappa shape index (κ1) is 21.3. The Labute approximate surface area is 171 Å². The van der Waals surface area contributed by atoms with Gasteiger partial charge in [0.1, 0.15) is 0 Å². The maximum absolute atomic E-state index is 12.6. The van der Waals surface area contributed by atoms with E-state index in [-0.39, 0.29) is 27.7 Å². The van der Waals surface area contributed by atoms with E-state index in [2.05, 4.69) is 10.0 Å². The number of rotatable bonds is 6. The van der Waals surface area contributed by atoms with Crippen molar-refractivity contribution in [1.82, 2.24) is 5.32 Å². The minimum Gasteiger partial charge on any atom is -0.348 e. The molecule has 0 saturated carbocycles. The summed E-state index contributed by atoms with van der Waals surface area (Å²) >= 11 is 0. The summed E-state index contributed by atoms with van der Waals surface area (Å²) in [6.45, 7) is 4.05. The molecule has 2 N–H and O–H groups in total.